The molecule has 17 aromatic rings. The van der Waals surface area contributed by atoms with Crippen LogP contribution < -0.4 is 0 Å². The first-order chi connectivity index (χ1) is 44.1. The smallest absolute Gasteiger partial charge is 0.104 e. The molecule has 4 heterocycles. The zero-order valence-corrected chi connectivity index (χ0v) is 49.3. The molecule has 5 nitrogen and oxygen atoms in total. The molecule has 420 valence electrons. The van der Waals surface area contributed by atoms with Crippen molar-refractivity contribution in [2.24, 2.45) is 0 Å². The Kier molecular flexibility index (Phi) is 12.4. The van der Waals surface area contributed by atoms with Crippen LogP contribution in [0.25, 0.3) is 143 Å². The molecule has 13 aromatic carbocycles. The maximum absolute atomic E-state index is 12.6. The van der Waals surface area contributed by atoms with Crippen LogP contribution in [0.5, 0.6) is 0 Å². The van der Waals surface area contributed by atoms with Gasteiger partial charge >= 0.3 is 0 Å². The van der Waals surface area contributed by atoms with Crippen molar-refractivity contribution in [1.82, 2.24) is 18.3 Å². The molecule has 0 aliphatic rings. The Morgan fingerprint density at radius 2 is 0.528 bits per heavy atom. The SMILES string of the molecule is Cc1c(CCn2c3ccc(-c4ccccc4)cc3c3cc(-c4ccccc4)ccc32)c(-n2c3ccccc3c3ccccc32)c(C#N)c(-n2c3ccccc3c3ccccc32)c1CCn1c2ccc(-c3ccccc3)cc2c2cc(-c3ccccc3)ccc21. The molecular weight excluding hydrogens is 1080 g/mol. The predicted octanol–water partition coefficient (Wildman–Crippen LogP) is 21.4. The summed E-state index contributed by atoms with van der Waals surface area (Å²) in [6.45, 7) is 3.69. The Balaban J connectivity index is 0.926. The van der Waals surface area contributed by atoms with Gasteiger partial charge in [0.2, 0.25) is 0 Å². The van der Waals surface area contributed by atoms with Crippen LogP contribution >= 0.6 is 0 Å². The molecule has 0 atom stereocenters. The van der Waals surface area contributed by atoms with Gasteiger partial charge in [0.15, 0.2) is 0 Å². The second-order valence-corrected chi connectivity index (χ2v) is 23.7. The minimum atomic E-state index is 0.650. The zero-order valence-electron chi connectivity index (χ0n) is 49.3. The summed E-state index contributed by atoms with van der Waals surface area (Å²) < 4.78 is 9.94. The fourth-order valence-electron chi connectivity index (χ4n) is 14.9. The average Bonchev–Trinajstić information content (AvgIpc) is 1.71. The van der Waals surface area contributed by atoms with Crippen LogP contribution in [-0.4, -0.2) is 18.3 Å². The zero-order chi connectivity index (χ0) is 59.1. The van der Waals surface area contributed by atoms with Crippen LogP contribution in [0.1, 0.15) is 22.3 Å². The monoisotopic (exact) mass is 1140 g/mol. The molecule has 0 amide bonds. The van der Waals surface area contributed by atoms with E-state index in [1.54, 1.807) is 0 Å². The second-order valence-electron chi connectivity index (χ2n) is 23.7. The van der Waals surface area contributed by atoms with E-state index < -0.39 is 0 Å². The summed E-state index contributed by atoms with van der Waals surface area (Å²) in [5, 5.41) is 22.1. The highest BCUT2D eigenvalue weighted by molar-refractivity contribution is 6.14. The highest BCUT2D eigenvalue weighted by atomic mass is 15.0. The van der Waals surface area contributed by atoms with Crippen LogP contribution in [0, 0.1) is 18.3 Å². The quantitative estimate of drug-likeness (QED) is 0.120. The van der Waals surface area contributed by atoms with Crippen molar-refractivity contribution in [3.8, 4) is 62.0 Å². The fourth-order valence-corrected chi connectivity index (χ4v) is 14.9. The lowest BCUT2D eigenvalue weighted by atomic mass is 9.89. The maximum atomic E-state index is 12.6. The molecule has 0 spiro atoms. The van der Waals surface area contributed by atoms with E-state index in [-0.39, 0.29) is 0 Å². The summed E-state index contributed by atoms with van der Waals surface area (Å²) in [6.07, 6.45) is 1.30. The number of hydrogen-bond donors (Lipinski definition) is 0. The summed E-state index contributed by atoms with van der Waals surface area (Å²) in [5.74, 6) is 0. The lowest BCUT2D eigenvalue weighted by Crippen LogP contribution is -2.16. The third-order valence-electron chi connectivity index (χ3n) is 19.0. The molecule has 0 bridgehead atoms. The third-order valence-corrected chi connectivity index (χ3v) is 19.0. The Labute approximate surface area is 516 Å². The van der Waals surface area contributed by atoms with E-state index in [0.29, 0.717) is 31.5 Å². The summed E-state index contributed by atoms with van der Waals surface area (Å²) in [7, 11) is 0. The summed E-state index contributed by atoms with van der Waals surface area (Å²) >= 11 is 0. The summed E-state index contributed by atoms with van der Waals surface area (Å²) in [6, 6.07) is 109. The number of nitriles is 1. The van der Waals surface area contributed by atoms with Crippen molar-refractivity contribution < 1.29 is 0 Å². The lowest BCUT2D eigenvalue weighted by Gasteiger charge is -2.26. The van der Waals surface area contributed by atoms with Gasteiger partial charge in [-0.25, -0.2) is 0 Å². The van der Waals surface area contributed by atoms with Crippen molar-refractivity contribution in [1.29, 1.82) is 5.26 Å². The number of hydrogen-bond acceptors (Lipinski definition) is 1. The highest BCUT2D eigenvalue weighted by Crippen LogP contribution is 2.45. The normalized spacial score (nSPS) is 11.8. The Hall–Kier alpha value is -11.5. The topological polar surface area (TPSA) is 43.5 Å². The fraction of sp³-hybridized carbons (Fsp3) is 0.0595. The number of benzene rings is 13. The molecular formula is C84H59N5. The van der Waals surface area contributed by atoms with Gasteiger partial charge in [0, 0.05) is 78.2 Å². The van der Waals surface area contributed by atoms with Gasteiger partial charge in [0.25, 0.3) is 0 Å². The highest BCUT2D eigenvalue weighted by Gasteiger charge is 2.30. The van der Waals surface area contributed by atoms with Gasteiger partial charge in [0.1, 0.15) is 11.6 Å². The summed E-state index contributed by atoms with van der Waals surface area (Å²) in [4.78, 5) is 0. The number of fused-ring (bicyclic) bond motifs is 12. The van der Waals surface area contributed by atoms with Crippen molar-refractivity contribution in [2.75, 3.05) is 0 Å². The molecule has 0 unspecified atom stereocenters. The van der Waals surface area contributed by atoms with Crippen LogP contribution in [0.15, 0.2) is 291 Å². The molecule has 0 N–H and O–H groups in total. The number of nitrogens with zero attached hydrogens (tertiary/aromatic N) is 5. The van der Waals surface area contributed by atoms with Crippen LogP contribution in [-0.2, 0) is 25.9 Å². The Morgan fingerprint density at radius 3 is 0.798 bits per heavy atom. The van der Waals surface area contributed by atoms with Crippen LogP contribution in [0.4, 0.5) is 0 Å². The molecule has 89 heavy (non-hydrogen) atoms. The number of para-hydroxylation sites is 4. The van der Waals surface area contributed by atoms with E-state index >= 15 is 0 Å². The van der Waals surface area contributed by atoms with E-state index in [0.717, 1.165) is 66.1 Å². The van der Waals surface area contributed by atoms with Gasteiger partial charge in [-0.1, -0.05) is 218 Å². The van der Waals surface area contributed by atoms with E-state index in [9.17, 15) is 5.26 Å². The van der Waals surface area contributed by atoms with E-state index in [2.05, 4.69) is 322 Å². The van der Waals surface area contributed by atoms with E-state index in [1.165, 1.54) is 93.7 Å². The first-order valence-electron chi connectivity index (χ1n) is 31.0. The largest absolute Gasteiger partial charge is 0.340 e. The van der Waals surface area contributed by atoms with Crippen molar-refractivity contribution in [2.45, 2.75) is 32.9 Å². The Bertz CT molecular complexity index is 5030. The molecule has 5 heteroatoms. The van der Waals surface area contributed by atoms with Crippen molar-refractivity contribution in [3.63, 3.8) is 0 Å². The number of rotatable bonds is 12. The number of aryl methyl sites for hydroxylation is 2. The second kappa shape index (κ2) is 21.2. The standard InChI is InChI=1S/C84H59N5/c1-55-64(46-48-86-75-42-38-60(56-22-6-2-7-23-56)50-70(75)71-51-61(39-43-76(71)86)57-24-8-3-9-25-57)83(88-79-34-18-14-30-66(79)67-31-15-19-35-80(67)88)74(54-85)84(89-81-36-20-16-32-68(81)69-33-17-21-37-82(69)89)65(55)47-49-87-77-44-40-62(58-26-10-4-11-27-58)52-72(77)73-53-63(41-45-78(73)87)59-28-12-5-13-29-59/h2-45,50-53H,46-49H2,1H3. The van der Waals surface area contributed by atoms with Gasteiger partial charge in [-0.05, 0) is 154 Å². The van der Waals surface area contributed by atoms with E-state index in [4.69, 9.17) is 0 Å². The van der Waals surface area contributed by atoms with Gasteiger partial charge < -0.3 is 18.3 Å². The van der Waals surface area contributed by atoms with Gasteiger partial charge in [-0.2, -0.15) is 5.26 Å². The van der Waals surface area contributed by atoms with Crippen molar-refractivity contribution >= 4 is 87.2 Å². The maximum Gasteiger partial charge on any atom is 0.104 e. The van der Waals surface area contributed by atoms with Gasteiger partial charge in [-0.3, -0.25) is 0 Å². The molecule has 0 fully saturated rings. The minimum absolute atomic E-state index is 0.650. The third kappa shape index (κ3) is 8.44. The van der Waals surface area contributed by atoms with E-state index in [1.807, 2.05) is 0 Å². The average molecular weight is 1140 g/mol. The number of aromatic nitrogens is 4. The molecule has 0 radical (unpaired) electrons. The van der Waals surface area contributed by atoms with Crippen LogP contribution in [0.3, 0.4) is 0 Å². The molecule has 0 saturated heterocycles. The molecule has 17 rings (SSSR count). The minimum Gasteiger partial charge on any atom is -0.340 e. The van der Waals surface area contributed by atoms with Gasteiger partial charge in [0.05, 0.1) is 33.4 Å². The first-order valence-corrected chi connectivity index (χ1v) is 31.0. The molecule has 0 aliphatic carbocycles. The molecule has 0 saturated carbocycles. The Morgan fingerprint density at radius 1 is 0.270 bits per heavy atom. The predicted molar refractivity (Wildman–Crippen MR) is 373 cm³/mol. The first kappa shape index (κ1) is 51.9. The van der Waals surface area contributed by atoms with Gasteiger partial charge in [-0.15, -0.1) is 0 Å². The van der Waals surface area contributed by atoms with Crippen molar-refractivity contribution in [3.05, 3.63) is 313 Å². The summed E-state index contributed by atoms with van der Waals surface area (Å²) in [5.41, 5.74) is 24.5. The molecule has 0 aliphatic heterocycles. The molecule has 4 aromatic heterocycles. The van der Waals surface area contributed by atoms with Crippen LogP contribution in [0.2, 0.25) is 0 Å². The lowest BCUT2D eigenvalue weighted by molar-refractivity contribution is 0.721.